The summed E-state index contributed by atoms with van der Waals surface area (Å²) in [5, 5.41) is 21.6. The van der Waals surface area contributed by atoms with Crippen molar-refractivity contribution in [3.8, 4) is 11.8 Å². The van der Waals surface area contributed by atoms with Crippen molar-refractivity contribution in [3.63, 3.8) is 0 Å². The van der Waals surface area contributed by atoms with Gasteiger partial charge >= 0.3 is 0 Å². The van der Waals surface area contributed by atoms with Gasteiger partial charge in [-0.2, -0.15) is 5.26 Å². The quantitative estimate of drug-likeness (QED) is 0.786. The molecule has 1 unspecified atom stereocenters. The van der Waals surface area contributed by atoms with Gasteiger partial charge in [-0.25, -0.2) is 0 Å². The molecule has 0 heterocycles. The van der Waals surface area contributed by atoms with Crippen LogP contribution in [0.2, 0.25) is 0 Å². The van der Waals surface area contributed by atoms with Crippen LogP contribution in [-0.2, 0) is 12.8 Å². The molecule has 4 nitrogen and oxygen atoms in total. The van der Waals surface area contributed by atoms with Gasteiger partial charge in [0.15, 0.2) is 0 Å². The molecule has 0 saturated carbocycles. The fourth-order valence-electron chi connectivity index (χ4n) is 2.59. The molecule has 1 aromatic rings. The first-order valence-corrected chi connectivity index (χ1v) is 6.66. The summed E-state index contributed by atoms with van der Waals surface area (Å²) in [6.07, 6.45) is 3.09. The Labute approximate surface area is 114 Å². The lowest BCUT2D eigenvalue weighted by Gasteiger charge is -2.33. The van der Waals surface area contributed by atoms with E-state index in [-0.39, 0.29) is 6.61 Å². The molecule has 0 bridgehead atoms. The number of aliphatic hydroxyl groups excluding tert-OH is 1. The maximum Gasteiger partial charge on any atom is 0.119 e. The average molecular weight is 260 g/mol. The molecule has 2 rings (SSSR count). The Bertz CT molecular complexity index is 482. The summed E-state index contributed by atoms with van der Waals surface area (Å²) in [5.41, 5.74) is 1.98. The second kappa shape index (κ2) is 6.05. The van der Waals surface area contributed by atoms with E-state index in [9.17, 15) is 5.26 Å². The normalized spacial score (nSPS) is 21.5. The number of ether oxygens (including phenoxy) is 1. The number of rotatable bonds is 5. The summed E-state index contributed by atoms with van der Waals surface area (Å²) < 4.78 is 5.24. The third kappa shape index (κ3) is 3.06. The molecule has 1 aliphatic rings. The van der Waals surface area contributed by atoms with Crippen LogP contribution in [0.25, 0.3) is 0 Å². The molecule has 1 aromatic carbocycles. The Morgan fingerprint density at radius 1 is 1.47 bits per heavy atom. The molecule has 1 aliphatic carbocycles. The summed E-state index contributed by atoms with van der Waals surface area (Å²) in [4.78, 5) is 0. The Kier molecular flexibility index (Phi) is 4.41. The van der Waals surface area contributed by atoms with Crippen molar-refractivity contribution in [2.75, 3.05) is 20.3 Å². The van der Waals surface area contributed by atoms with Crippen molar-refractivity contribution >= 4 is 0 Å². The van der Waals surface area contributed by atoms with Crippen molar-refractivity contribution in [1.29, 1.82) is 5.26 Å². The number of nitriles is 1. The lowest BCUT2D eigenvalue weighted by Crippen LogP contribution is -2.48. The predicted octanol–water partition coefficient (Wildman–Crippen LogP) is 1.42. The van der Waals surface area contributed by atoms with Gasteiger partial charge in [0.05, 0.1) is 13.2 Å². The molecule has 0 radical (unpaired) electrons. The summed E-state index contributed by atoms with van der Waals surface area (Å²) >= 11 is 0. The molecule has 19 heavy (non-hydrogen) atoms. The molecule has 102 valence electrons. The standard InChI is InChI=1S/C15H20N2O2/c1-19-14-4-3-12-5-6-15(11-16,10-13(12)9-14)17-7-2-8-18/h3-4,9,17-18H,2,5-8,10H2,1H3. The highest BCUT2D eigenvalue weighted by atomic mass is 16.5. The van der Waals surface area contributed by atoms with E-state index < -0.39 is 5.54 Å². The lowest BCUT2D eigenvalue weighted by atomic mass is 9.78. The molecule has 0 aliphatic heterocycles. The largest absolute Gasteiger partial charge is 0.497 e. The average Bonchev–Trinajstić information content (AvgIpc) is 2.46. The van der Waals surface area contributed by atoms with Crippen LogP contribution in [0.5, 0.6) is 5.75 Å². The molecule has 0 saturated heterocycles. The van der Waals surface area contributed by atoms with Crippen LogP contribution in [0.15, 0.2) is 18.2 Å². The maximum atomic E-state index is 9.49. The zero-order chi connectivity index (χ0) is 13.7. The zero-order valence-corrected chi connectivity index (χ0v) is 11.3. The topological polar surface area (TPSA) is 65.3 Å². The number of fused-ring (bicyclic) bond motifs is 1. The fourth-order valence-corrected chi connectivity index (χ4v) is 2.59. The van der Waals surface area contributed by atoms with Crippen molar-refractivity contribution in [2.45, 2.75) is 31.2 Å². The Morgan fingerprint density at radius 3 is 3.00 bits per heavy atom. The van der Waals surface area contributed by atoms with Gasteiger partial charge in [-0.1, -0.05) is 6.07 Å². The van der Waals surface area contributed by atoms with Gasteiger partial charge in [0.2, 0.25) is 0 Å². The Hall–Kier alpha value is -1.57. The van der Waals surface area contributed by atoms with Crippen LogP contribution in [0.3, 0.4) is 0 Å². The number of benzene rings is 1. The number of hydrogen-bond acceptors (Lipinski definition) is 4. The molecule has 1 atom stereocenters. The van der Waals surface area contributed by atoms with Gasteiger partial charge in [0.25, 0.3) is 0 Å². The number of aliphatic hydroxyl groups is 1. The molecular weight excluding hydrogens is 240 g/mol. The smallest absolute Gasteiger partial charge is 0.119 e. The zero-order valence-electron chi connectivity index (χ0n) is 11.3. The van der Waals surface area contributed by atoms with E-state index >= 15 is 0 Å². The van der Waals surface area contributed by atoms with E-state index in [1.54, 1.807) is 7.11 Å². The van der Waals surface area contributed by atoms with E-state index in [1.165, 1.54) is 11.1 Å². The summed E-state index contributed by atoms with van der Waals surface area (Å²) in [5.74, 6) is 0.836. The van der Waals surface area contributed by atoms with E-state index in [1.807, 2.05) is 12.1 Å². The van der Waals surface area contributed by atoms with Crippen LogP contribution in [-0.4, -0.2) is 30.9 Å². The number of methoxy groups -OCH3 is 1. The summed E-state index contributed by atoms with van der Waals surface area (Å²) in [6, 6.07) is 8.50. The van der Waals surface area contributed by atoms with Crippen molar-refractivity contribution < 1.29 is 9.84 Å². The molecule has 2 N–H and O–H groups in total. The lowest BCUT2D eigenvalue weighted by molar-refractivity contribution is 0.273. The second-order valence-electron chi connectivity index (χ2n) is 5.01. The van der Waals surface area contributed by atoms with E-state index in [2.05, 4.69) is 17.5 Å². The molecule has 0 fully saturated rings. The van der Waals surface area contributed by atoms with Gasteiger partial charge in [0.1, 0.15) is 11.3 Å². The SMILES string of the molecule is COc1ccc2c(c1)CC(C#N)(NCCCO)CC2. The van der Waals surface area contributed by atoms with Gasteiger partial charge in [-0.3, -0.25) is 5.32 Å². The first kappa shape index (κ1) is 13.9. The number of aryl methyl sites for hydroxylation is 1. The van der Waals surface area contributed by atoms with Crippen molar-refractivity contribution in [2.24, 2.45) is 0 Å². The Morgan fingerprint density at radius 2 is 2.32 bits per heavy atom. The predicted molar refractivity (Wildman–Crippen MR) is 73.1 cm³/mol. The van der Waals surface area contributed by atoms with Crippen LogP contribution < -0.4 is 10.1 Å². The van der Waals surface area contributed by atoms with E-state index in [0.717, 1.165) is 18.6 Å². The molecule has 0 amide bonds. The van der Waals surface area contributed by atoms with Gasteiger partial charge in [-0.05, 0) is 49.1 Å². The molecule has 0 spiro atoms. The molecule has 0 aromatic heterocycles. The maximum absolute atomic E-state index is 9.49. The second-order valence-corrected chi connectivity index (χ2v) is 5.01. The van der Waals surface area contributed by atoms with Gasteiger partial charge in [0, 0.05) is 13.0 Å². The highest BCUT2D eigenvalue weighted by Gasteiger charge is 2.34. The first-order valence-electron chi connectivity index (χ1n) is 6.66. The fraction of sp³-hybridized carbons (Fsp3) is 0.533. The van der Waals surface area contributed by atoms with Crippen molar-refractivity contribution in [1.82, 2.24) is 5.32 Å². The minimum Gasteiger partial charge on any atom is -0.497 e. The number of hydrogen-bond donors (Lipinski definition) is 2. The molecule has 4 heteroatoms. The summed E-state index contributed by atoms with van der Waals surface area (Å²) in [7, 11) is 1.65. The monoisotopic (exact) mass is 260 g/mol. The van der Waals surface area contributed by atoms with E-state index in [0.29, 0.717) is 19.4 Å². The van der Waals surface area contributed by atoms with E-state index in [4.69, 9.17) is 9.84 Å². The summed E-state index contributed by atoms with van der Waals surface area (Å²) in [6.45, 7) is 0.822. The first-order chi connectivity index (χ1) is 9.23. The minimum atomic E-state index is -0.505. The van der Waals surface area contributed by atoms with Crippen LogP contribution in [0.1, 0.15) is 24.0 Å². The third-order valence-corrected chi connectivity index (χ3v) is 3.74. The van der Waals surface area contributed by atoms with Crippen molar-refractivity contribution in [3.05, 3.63) is 29.3 Å². The minimum absolute atomic E-state index is 0.152. The van der Waals surface area contributed by atoms with Crippen LogP contribution in [0, 0.1) is 11.3 Å². The Balaban J connectivity index is 2.16. The highest BCUT2D eigenvalue weighted by molar-refractivity contribution is 5.40. The number of nitrogens with zero attached hydrogens (tertiary/aromatic N) is 1. The van der Waals surface area contributed by atoms with Crippen LogP contribution >= 0.6 is 0 Å². The molecular formula is C15H20N2O2. The third-order valence-electron chi connectivity index (χ3n) is 3.74. The highest BCUT2D eigenvalue weighted by Crippen LogP contribution is 2.30. The van der Waals surface area contributed by atoms with Gasteiger partial charge in [-0.15, -0.1) is 0 Å². The number of nitrogens with one attached hydrogen (secondary N) is 1. The van der Waals surface area contributed by atoms with Crippen LogP contribution in [0.4, 0.5) is 0 Å². The van der Waals surface area contributed by atoms with Gasteiger partial charge < -0.3 is 9.84 Å².